The number of pyridine rings is 1. The van der Waals surface area contributed by atoms with Crippen LogP contribution >= 0.6 is 28.1 Å². The zero-order valence-electron chi connectivity index (χ0n) is 23.2. The monoisotopic (exact) mass is 614 g/mol. The van der Waals surface area contributed by atoms with E-state index in [0.717, 1.165) is 21.3 Å². The van der Waals surface area contributed by atoms with Crippen LogP contribution in [0.1, 0.15) is 43.5 Å². The van der Waals surface area contributed by atoms with Gasteiger partial charge in [-0.1, -0.05) is 35.1 Å². The maximum atomic E-state index is 12.4. The summed E-state index contributed by atoms with van der Waals surface area (Å²) < 4.78 is 23.0. The number of rotatable bonds is 13. The van der Waals surface area contributed by atoms with Crippen molar-refractivity contribution in [1.29, 1.82) is 0 Å². The van der Waals surface area contributed by atoms with Gasteiger partial charge in [-0.2, -0.15) is 0 Å². The zero-order valence-corrected chi connectivity index (χ0v) is 25.6. The number of ether oxygens (including phenoxy) is 4. The Hall–Kier alpha value is -3.17. The molecule has 0 amide bonds. The molecule has 0 saturated carbocycles. The molecule has 1 heterocycles. The average Bonchev–Trinajstić information content (AvgIpc) is 2.92. The second kappa shape index (κ2) is 13.8. The molecule has 0 bridgehead atoms. The minimum absolute atomic E-state index is 0.0715. The number of hydrogen-bond donors (Lipinski definition) is 0. The van der Waals surface area contributed by atoms with Gasteiger partial charge in [0.2, 0.25) is 0 Å². The molecular weight excluding hydrogens is 580 g/mol. The van der Waals surface area contributed by atoms with E-state index in [9.17, 15) is 4.79 Å². The van der Waals surface area contributed by atoms with Crippen LogP contribution in [0.25, 0.3) is 0 Å². The highest BCUT2D eigenvalue weighted by Crippen LogP contribution is 2.35. The van der Waals surface area contributed by atoms with Crippen molar-refractivity contribution < 1.29 is 23.7 Å². The van der Waals surface area contributed by atoms with Crippen LogP contribution in [0.2, 0.25) is 0 Å². The smallest absolute Gasteiger partial charge is 0.130 e. The summed E-state index contributed by atoms with van der Waals surface area (Å²) in [7, 11) is 6.52. The molecule has 0 aliphatic heterocycles. The number of Topliss-reactive ketones (excluding diaryl/α,β-unsaturated/α-hetero) is 1. The van der Waals surface area contributed by atoms with Gasteiger partial charge >= 0.3 is 0 Å². The fourth-order valence-corrected chi connectivity index (χ4v) is 5.36. The van der Waals surface area contributed by atoms with E-state index in [-0.39, 0.29) is 5.78 Å². The standard InChI is InChI=1S/C30H35BrN2O5S/c1-20(34)16-30(2,28-13-23(31)11-12-32-28)17-29(39)33(18-21-7-9-24(35-3)14-26(21)37-5)19-22-8-10-25(36-4)15-27(22)38-6/h7-15H,16-19H2,1-6H3/t30-/m1/s1. The normalized spacial score (nSPS) is 12.3. The number of ketones is 1. The van der Waals surface area contributed by atoms with Crippen LogP contribution in [0, 0.1) is 0 Å². The number of thiocarbonyl (C=S) groups is 1. The lowest BCUT2D eigenvalue weighted by Crippen LogP contribution is -2.36. The van der Waals surface area contributed by atoms with E-state index >= 15 is 0 Å². The minimum atomic E-state index is -0.598. The molecule has 0 unspecified atom stereocenters. The molecule has 0 spiro atoms. The first-order valence-electron chi connectivity index (χ1n) is 12.4. The van der Waals surface area contributed by atoms with Crippen LogP contribution in [-0.2, 0) is 23.3 Å². The first kappa shape index (κ1) is 30.4. The van der Waals surface area contributed by atoms with Crippen molar-refractivity contribution >= 4 is 38.9 Å². The third kappa shape index (κ3) is 7.92. The topological polar surface area (TPSA) is 70.1 Å². The Morgan fingerprint density at radius 2 is 1.41 bits per heavy atom. The van der Waals surface area contributed by atoms with E-state index in [2.05, 4.69) is 25.8 Å². The molecule has 2 aromatic carbocycles. The molecule has 0 saturated heterocycles. The quantitative estimate of drug-likeness (QED) is 0.201. The van der Waals surface area contributed by atoms with Gasteiger partial charge in [0.1, 0.15) is 28.8 Å². The molecule has 3 rings (SSSR count). The molecule has 1 aromatic heterocycles. The van der Waals surface area contributed by atoms with Gasteiger partial charge in [0.15, 0.2) is 0 Å². The number of carbonyl (C=O) groups excluding carboxylic acids is 1. The highest BCUT2D eigenvalue weighted by molar-refractivity contribution is 9.10. The van der Waals surface area contributed by atoms with E-state index in [0.29, 0.717) is 53.9 Å². The average molecular weight is 616 g/mol. The summed E-state index contributed by atoms with van der Waals surface area (Å²) in [4.78, 5) is 19.8. The van der Waals surface area contributed by atoms with E-state index in [1.165, 1.54) is 0 Å². The second-order valence-corrected chi connectivity index (χ2v) is 11.0. The summed E-state index contributed by atoms with van der Waals surface area (Å²) in [5.41, 5.74) is 2.10. The van der Waals surface area contributed by atoms with Gasteiger partial charge in [-0.25, -0.2) is 0 Å². The molecule has 0 aliphatic rings. The van der Waals surface area contributed by atoms with Gasteiger partial charge < -0.3 is 23.8 Å². The number of aromatic nitrogens is 1. The fourth-order valence-electron chi connectivity index (χ4n) is 4.58. The van der Waals surface area contributed by atoms with E-state index in [1.54, 1.807) is 41.6 Å². The molecule has 7 nitrogen and oxygen atoms in total. The number of halogens is 1. The summed E-state index contributed by atoms with van der Waals surface area (Å²) >= 11 is 9.65. The summed E-state index contributed by atoms with van der Waals surface area (Å²) in [5.74, 6) is 2.88. The molecule has 3 aromatic rings. The Morgan fingerprint density at radius 1 is 0.872 bits per heavy atom. The highest BCUT2D eigenvalue weighted by Gasteiger charge is 2.33. The third-order valence-corrected chi connectivity index (χ3v) is 7.48. The zero-order chi connectivity index (χ0) is 28.6. The van der Waals surface area contributed by atoms with Gasteiger partial charge in [-0.15, -0.1) is 0 Å². The summed E-state index contributed by atoms with van der Waals surface area (Å²) in [5, 5.41) is 0. The van der Waals surface area contributed by atoms with Crippen LogP contribution in [0.5, 0.6) is 23.0 Å². The molecule has 0 fully saturated rings. The molecule has 1 atom stereocenters. The molecule has 0 radical (unpaired) electrons. The fraction of sp³-hybridized carbons (Fsp3) is 0.367. The van der Waals surface area contributed by atoms with E-state index in [4.69, 9.17) is 31.2 Å². The Kier molecular flexibility index (Phi) is 10.7. The largest absolute Gasteiger partial charge is 0.497 e. The Labute approximate surface area is 244 Å². The lowest BCUT2D eigenvalue weighted by Gasteiger charge is -2.34. The van der Waals surface area contributed by atoms with E-state index in [1.807, 2.05) is 55.5 Å². The van der Waals surface area contributed by atoms with Crippen LogP contribution in [0.3, 0.4) is 0 Å². The van der Waals surface area contributed by atoms with E-state index < -0.39 is 5.41 Å². The van der Waals surface area contributed by atoms with Crippen LogP contribution in [0.4, 0.5) is 0 Å². The minimum Gasteiger partial charge on any atom is -0.497 e. The van der Waals surface area contributed by atoms with Crippen molar-refractivity contribution in [3.05, 3.63) is 76.0 Å². The highest BCUT2D eigenvalue weighted by atomic mass is 79.9. The summed E-state index contributed by atoms with van der Waals surface area (Å²) in [6.07, 6.45) is 2.49. The summed E-state index contributed by atoms with van der Waals surface area (Å²) in [6.45, 7) is 4.59. The Morgan fingerprint density at radius 3 is 1.85 bits per heavy atom. The molecule has 9 heteroatoms. The van der Waals surface area contributed by atoms with Gasteiger partial charge in [-0.05, 0) is 43.3 Å². The van der Waals surface area contributed by atoms with Crippen LogP contribution in [-0.4, -0.2) is 49.1 Å². The van der Waals surface area contributed by atoms with Crippen molar-refractivity contribution in [2.75, 3.05) is 28.4 Å². The third-order valence-electron chi connectivity index (χ3n) is 6.58. The molecular formula is C30H35BrN2O5S. The second-order valence-electron chi connectivity index (χ2n) is 9.58. The van der Waals surface area contributed by atoms with Gasteiger partial charge in [0.25, 0.3) is 0 Å². The number of nitrogens with zero attached hydrogens (tertiary/aromatic N) is 2. The van der Waals surface area contributed by atoms with Gasteiger partial charge in [-0.3, -0.25) is 9.78 Å². The Balaban J connectivity index is 2.03. The predicted molar refractivity (Wildman–Crippen MR) is 160 cm³/mol. The maximum absolute atomic E-state index is 12.4. The number of carbonyl (C=O) groups is 1. The molecule has 0 N–H and O–H groups in total. The number of benzene rings is 2. The summed E-state index contributed by atoms with van der Waals surface area (Å²) in [6, 6.07) is 15.3. The van der Waals surface area contributed by atoms with Gasteiger partial charge in [0, 0.05) is 71.0 Å². The van der Waals surface area contributed by atoms with Crippen molar-refractivity contribution in [2.45, 2.75) is 45.2 Å². The van der Waals surface area contributed by atoms with Crippen molar-refractivity contribution in [3.8, 4) is 23.0 Å². The van der Waals surface area contributed by atoms with Crippen molar-refractivity contribution in [1.82, 2.24) is 9.88 Å². The van der Waals surface area contributed by atoms with Crippen molar-refractivity contribution in [3.63, 3.8) is 0 Å². The van der Waals surface area contributed by atoms with Crippen molar-refractivity contribution in [2.24, 2.45) is 0 Å². The first-order valence-corrected chi connectivity index (χ1v) is 13.6. The molecule has 208 valence electrons. The number of methoxy groups -OCH3 is 4. The first-order chi connectivity index (χ1) is 18.6. The number of hydrogen-bond acceptors (Lipinski definition) is 7. The van der Waals surface area contributed by atoms with Crippen LogP contribution < -0.4 is 18.9 Å². The molecule has 39 heavy (non-hydrogen) atoms. The predicted octanol–water partition coefficient (Wildman–Crippen LogP) is 6.54. The Bertz CT molecular complexity index is 1260. The lowest BCUT2D eigenvalue weighted by atomic mass is 9.78. The molecule has 0 aliphatic carbocycles. The van der Waals surface area contributed by atoms with Crippen LogP contribution in [0.15, 0.2) is 59.2 Å². The SMILES string of the molecule is COc1ccc(CN(Cc2ccc(OC)cc2OC)C(=S)C[C@@](C)(CC(C)=O)c2cc(Br)ccn2)c(OC)c1. The van der Waals surface area contributed by atoms with Gasteiger partial charge in [0.05, 0.1) is 33.4 Å². The maximum Gasteiger partial charge on any atom is 0.130 e. The lowest BCUT2D eigenvalue weighted by molar-refractivity contribution is -0.118.